The first kappa shape index (κ1) is 20.3. The van der Waals surface area contributed by atoms with Crippen LogP contribution in [-0.2, 0) is 17.6 Å². The van der Waals surface area contributed by atoms with Crippen LogP contribution >= 0.6 is 0 Å². The van der Waals surface area contributed by atoms with Crippen LogP contribution in [0.15, 0.2) is 67.0 Å². The molecular weight excluding hydrogens is 338 g/mol. The number of aromatic nitrogens is 2. The number of carboxylic acids is 1. The molecule has 2 aromatic carbocycles. The number of hydrogen-bond acceptors (Lipinski definition) is 4. The summed E-state index contributed by atoms with van der Waals surface area (Å²) in [4.78, 5) is 18.5. The van der Waals surface area contributed by atoms with E-state index in [2.05, 4.69) is 41.2 Å². The van der Waals surface area contributed by atoms with Gasteiger partial charge in [0, 0.05) is 12.4 Å². The van der Waals surface area contributed by atoms with E-state index in [1.807, 2.05) is 31.2 Å². The lowest BCUT2D eigenvalue weighted by atomic mass is 10.00. The standard InChI is InChI=1S/C17H19NO2.C5H6N2/c1-2-12-3-7-14(8-4-12)15-9-5-13(6-10-15)11-16(18)17(19)20;1-5-6-3-2-4-7-5/h3-10,16H,2,11,18H2,1H3,(H,19,20);2-4H,1H3. The third kappa shape index (κ3) is 6.64. The van der Waals surface area contributed by atoms with Gasteiger partial charge in [-0.3, -0.25) is 4.79 Å². The first-order chi connectivity index (χ1) is 13.0. The molecule has 0 aliphatic rings. The molecule has 1 heterocycles. The maximum Gasteiger partial charge on any atom is 0.320 e. The molecule has 140 valence electrons. The first-order valence-electron chi connectivity index (χ1n) is 8.90. The van der Waals surface area contributed by atoms with E-state index >= 15 is 0 Å². The number of carbonyl (C=O) groups is 1. The zero-order chi connectivity index (χ0) is 19.6. The van der Waals surface area contributed by atoms with E-state index in [0.717, 1.165) is 28.9 Å². The van der Waals surface area contributed by atoms with Gasteiger partial charge in [-0.05, 0) is 48.1 Å². The maximum atomic E-state index is 10.7. The van der Waals surface area contributed by atoms with E-state index < -0.39 is 12.0 Å². The average Bonchev–Trinajstić information content (AvgIpc) is 2.70. The van der Waals surface area contributed by atoms with Gasteiger partial charge in [-0.15, -0.1) is 0 Å². The molecule has 0 saturated heterocycles. The van der Waals surface area contributed by atoms with Gasteiger partial charge < -0.3 is 10.8 Å². The van der Waals surface area contributed by atoms with Crippen LogP contribution in [0.1, 0.15) is 23.9 Å². The lowest BCUT2D eigenvalue weighted by Gasteiger charge is -2.08. The Labute approximate surface area is 159 Å². The summed E-state index contributed by atoms with van der Waals surface area (Å²) in [5.41, 5.74) is 10.1. The van der Waals surface area contributed by atoms with E-state index in [-0.39, 0.29) is 0 Å². The van der Waals surface area contributed by atoms with E-state index in [1.54, 1.807) is 18.5 Å². The van der Waals surface area contributed by atoms with E-state index in [0.29, 0.717) is 6.42 Å². The van der Waals surface area contributed by atoms with Gasteiger partial charge in [0.1, 0.15) is 11.9 Å². The highest BCUT2D eigenvalue weighted by Gasteiger charge is 2.11. The fraction of sp³-hybridized carbons (Fsp3) is 0.227. The van der Waals surface area contributed by atoms with Gasteiger partial charge in [-0.2, -0.15) is 0 Å². The lowest BCUT2D eigenvalue weighted by Crippen LogP contribution is -2.32. The maximum absolute atomic E-state index is 10.7. The molecule has 0 fully saturated rings. The van der Waals surface area contributed by atoms with Crippen LogP contribution < -0.4 is 5.73 Å². The molecule has 0 spiro atoms. The molecular formula is C22H25N3O2. The fourth-order valence-electron chi connectivity index (χ4n) is 2.48. The average molecular weight is 363 g/mol. The van der Waals surface area contributed by atoms with Crippen LogP contribution in [0.5, 0.6) is 0 Å². The van der Waals surface area contributed by atoms with E-state index in [4.69, 9.17) is 10.8 Å². The van der Waals surface area contributed by atoms with Crippen LogP contribution in [-0.4, -0.2) is 27.1 Å². The molecule has 1 unspecified atom stereocenters. The summed E-state index contributed by atoms with van der Waals surface area (Å²) in [6, 6.07) is 17.3. The molecule has 0 radical (unpaired) electrons. The fourth-order valence-corrected chi connectivity index (χ4v) is 2.48. The molecule has 3 rings (SSSR count). The summed E-state index contributed by atoms with van der Waals surface area (Å²) >= 11 is 0. The topological polar surface area (TPSA) is 89.1 Å². The zero-order valence-corrected chi connectivity index (χ0v) is 15.7. The Kier molecular flexibility index (Phi) is 7.64. The third-order valence-electron chi connectivity index (χ3n) is 4.12. The van der Waals surface area contributed by atoms with Crippen molar-refractivity contribution in [2.75, 3.05) is 0 Å². The Morgan fingerprint density at radius 2 is 1.44 bits per heavy atom. The van der Waals surface area contributed by atoms with Crippen LogP contribution in [0.4, 0.5) is 0 Å². The number of benzene rings is 2. The van der Waals surface area contributed by atoms with Gasteiger partial charge in [-0.1, -0.05) is 55.5 Å². The van der Waals surface area contributed by atoms with Crippen LogP contribution in [0.2, 0.25) is 0 Å². The van der Waals surface area contributed by atoms with Gasteiger partial charge in [0.2, 0.25) is 0 Å². The first-order valence-corrected chi connectivity index (χ1v) is 8.90. The quantitative estimate of drug-likeness (QED) is 0.722. The van der Waals surface area contributed by atoms with Gasteiger partial charge in [0.15, 0.2) is 0 Å². The minimum atomic E-state index is -0.968. The van der Waals surface area contributed by atoms with Gasteiger partial charge in [0.05, 0.1) is 0 Å². The van der Waals surface area contributed by atoms with Gasteiger partial charge >= 0.3 is 5.97 Å². The summed E-state index contributed by atoms with van der Waals surface area (Å²) in [6.45, 7) is 4.00. The Bertz CT molecular complexity index is 832. The molecule has 1 atom stereocenters. The summed E-state index contributed by atoms with van der Waals surface area (Å²) in [5.74, 6) is -0.147. The molecule has 0 aliphatic carbocycles. The second-order valence-corrected chi connectivity index (χ2v) is 6.19. The number of hydrogen-bond donors (Lipinski definition) is 2. The van der Waals surface area contributed by atoms with E-state index in [9.17, 15) is 4.79 Å². The van der Waals surface area contributed by atoms with Crippen molar-refractivity contribution in [3.8, 4) is 11.1 Å². The summed E-state index contributed by atoms with van der Waals surface area (Å²) in [5, 5.41) is 8.80. The van der Waals surface area contributed by atoms with Crippen molar-refractivity contribution in [3.63, 3.8) is 0 Å². The van der Waals surface area contributed by atoms with E-state index in [1.165, 1.54) is 5.56 Å². The second kappa shape index (κ2) is 10.2. The SMILES string of the molecule is CCc1ccc(-c2ccc(CC(N)C(=O)O)cc2)cc1.Cc1ncccn1. The Morgan fingerprint density at radius 3 is 1.81 bits per heavy atom. The predicted molar refractivity (Wildman–Crippen MR) is 107 cm³/mol. The van der Waals surface area contributed by atoms with Crippen molar-refractivity contribution in [1.82, 2.24) is 9.97 Å². The molecule has 0 aliphatic heterocycles. The molecule has 27 heavy (non-hydrogen) atoms. The Hall–Kier alpha value is -3.05. The van der Waals surface area contributed by atoms with Crippen LogP contribution in [0.25, 0.3) is 11.1 Å². The number of nitrogens with zero attached hydrogens (tertiary/aromatic N) is 2. The molecule has 3 aromatic rings. The smallest absolute Gasteiger partial charge is 0.320 e. The number of nitrogens with two attached hydrogens (primary N) is 1. The van der Waals surface area contributed by atoms with Crippen molar-refractivity contribution < 1.29 is 9.90 Å². The van der Waals surface area contributed by atoms with Crippen molar-refractivity contribution in [2.45, 2.75) is 32.7 Å². The largest absolute Gasteiger partial charge is 0.480 e. The van der Waals surface area contributed by atoms with Crippen LogP contribution in [0.3, 0.4) is 0 Å². The molecule has 5 heteroatoms. The molecule has 0 bridgehead atoms. The van der Waals surface area contributed by atoms with Crippen molar-refractivity contribution in [3.05, 3.63) is 83.9 Å². The highest BCUT2D eigenvalue weighted by molar-refractivity contribution is 5.73. The molecule has 0 saturated carbocycles. The van der Waals surface area contributed by atoms with Crippen molar-refractivity contribution in [1.29, 1.82) is 0 Å². The highest BCUT2D eigenvalue weighted by atomic mass is 16.4. The minimum Gasteiger partial charge on any atom is -0.480 e. The van der Waals surface area contributed by atoms with Gasteiger partial charge in [-0.25, -0.2) is 9.97 Å². The van der Waals surface area contributed by atoms with Crippen molar-refractivity contribution >= 4 is 5.97 Å². The third-order valence-corrected chi connectivity index (χ3v) is 4.12. The zero-order valence-electron chi connectivity index (χ0n) is 15.7. The minimum absolute atomic E-state index is 0.352. The predicted octanol–water partition coefficient (Wildman–Crippen LogP) is 3.66. The second-order valence-electron chi connectivity index (χ2n) is 6.19. The number of aryl methyl sites for hydroxylation is 2. The summed E-state index contributed by atoms with van der Waals surface area (Å²) in [7, 11) is 0. The summed E-state index contributed by atoms with van der Waals surface area (Å²) in [6.07, 6.45) is 4.83. The molecule has 1 aromatic heterocycles. The van der Waals surface area contributed by atoms with Crippen molar-refractivity contribution in [2.24, 2.45) is 5.73 Å². The molecule has 3 N–H and O–H groups in total. The molecule has 0 amide bonds. The van der Waals surface area contributed by atoms with Gasteiger partial charge in [0.25, 0.3) is 0 Å². The Balaban J connectivity index is 0.000000313. The monoisotopic (exact) mass is 363 g/mol. The number of rotatable bonds is 5. The lowest BCUT2D eigenvalue weighted by molar-refractivity contribution is -0.138. The number of aliphatic carboxylic acids is 1. The number of carboxylic acid groups (broad SMARTS) is 1. The molecule has 5 nitrogen and oxygen atoms in total. The highest BCUT2D eigenvalue weighted by Crippen LogP contribution is 2.21. The summed E-state index contributed by atoms with van der Waals surface area (Å²) < 4.78 is 0. The normalized spacial score (nSPS) is 11.2. The Morgan fingerprint density at radius 1 is 0.963 bits per heavy atom. The van der Waals surface area contributed by atoms with Crippen LogP contribution in [0, 0.1) is 6.92 Å².